The molecular weight excluding hydrogens is 358 g/mol. The molecule has 4 rings (SSSR count). The first-order valence-electron chi connectivity index (χ1n) is 10.0. The molecule has 1 fully saturated rings. The van der Waals surface area contributed by atoms with Crippen molar-refractivity contribution in [2.45, 2.75) is 63.8 Å². The van der Waals surface area contributed by atoms with Gasteiger partial charge in [-0.25, -0.2) is 0 Å². The van der Waals surface area contributed by atoms with Crippen LogP contribution in [0, 0.1) is 0 Å². The van der Waals surface area contributed by atoms with E-state index in [9.17, 15) is 9.90 Å². The van der Waals surface area contributed by atoms with Gasteiger partial charge in [-0.3, -0.25) is 4.79 Å². The third kappa shape index (κ3) is 4.26. The molecular formula is C21H27N3O2S. The number of fused-ring (bicyclic) bond motifs is 1. The molecule has 5 nitrogen and oxygen atoms in total. The summed E-state index contributed by atoms with van der Waals surface area (Å²) in [6, 6.07) is 8.53. The summed E-state index contributed by atoms with van der Waals surface area (Å²) in [6.07, 6.45) is 9.59. The quantitative estimate of drug-likeness (QED) is 0.760. The number of aryl methyl sites for hydroxylation is 1. The largest absolute Gasteiger partial charge is 0.492 e. The number of benzene rings is 1. The van der Waals surface area contributed by atoms with Crippen molar-refractivity contribution in [1.82, 2.24) is 4.98 Å². The summed E-state index contributed by atoms with van der Waals surface area (Å²) < 4.78 is 0. The Bertz CT molecular complexity index is 796. The van der Waals surface area contributed by atoms with Crippen LogP contribution in [0.3, 0.4) is 0 Å². The molecule has 0 bridgehead atoms. The molecule has 0 unspecified atom stereocenters. The minimum absolute atomic E-state index is 0.00485. The van der Waals surface area contributed by atoms with E-state index in [-0.39, 0.29) is 18.2 Å². The molecule has 1 aliphatic carbocycles. The molecule has 1 saturated carbocycles. The fourth-order valence-corrected chi connectivity index (χ4v) is 5.07. The molecule has 0 radical (unpaired) electrons. The lowest BCUT2D eigenvalue weighted by atomic mass is 10.0. The van der Waals surface area contributed by atoms with Crippen molar-refractivity contribution in [2.75, 3.05) is 16.8 Å². The summed E-state index contributed by atoms with van der Waals surface area (Å²) in [5.41, 5.74) is 2.23. The zero-order valence-electron chi connectivity index (χ0n) is 15.6. The number of thiazole rings is 1. The van der Waals surface area contributed by atoms with Gasteiger partial charge in [0.1, 0.15) is 0 Å². The molecule has 2 N–H and O–H groups in total. The molecule has 2 heterocycles. The third-order valence-corrected chi connectivity index (χ3v) is 6.56. The van der Waals surface area contributed by atoms with Crippen LogP contribution in [-0.2, 0) is 17.6 Å². The first kappa shape index (κ1) is 18.3. The number of amides is 1. The van der Waals surface area contributed by atoms with Gasteiger partial charge in [0.2, 0.25) is 11.8 Å². The lowest BCUT2D eigenvalue weighted by molar-refractivity contribution is -0.118. The van der Waals surface area contributed by atoms with Gasteiger partial charge < -0.3 is 15.3 Å². The highest BCUT2D eigenvalue weighted by Gasteiger charge is 2.24. The summed E-state index contributed by atoms with van der Waals surface area (Å²) in [6.45, 7) is 0.739. The van der Waals surface area contributed by atoms with Gasteiger partial charge in [0.05, 0.1) is 11.3 Å². The van der Waals surface area contributed by atoms with Crippen LogP contribution in [0.1, 0.15) is 55.4 Å². The molecule has 144 valence electrons. The van der Waals surface area contributed by atoms with Gasteiger partial charge in [0.25, 0.3) is 0 Å². The summed E-state index contributed by atoms with van der Waals surface area (Å²) in [4.78, 5) is 19.7. The van der Waals surface area contributed by atoms with Crippen LogP contribution in [0.15, 0.2) is 24.3 Å². The Morgan fingerprint density at radius 2 is 1.96 bits per heavy atom. The van der Waals surface area contributed by atoms with Crippen LogP contribution < -0.4 is 10.2 Å². The Balaban J connectivity index is 1.44. The van der Waals surface area contributed by atoms with Crippen LogP contribution in [0.4, 0.5) is 10.8 Å². The predicted molar refractivity (Wildman–Crippen MR) is 110 cm³/mol. The van der Waals surface area contributed by atoms with E-state index < -0.39 is 0 Å². The molecule has 2 aliphatic rings. The van der Waals surface area contributed by atoms with Gasteiger partial charge in [-0.05, 0) is 37.3 Å². The number of nitrogens with zero attached hydrogens (tertiary/aromatic N) is 2. The smallest absolute Gasteiger partial charge is 0.232 e. The molecule has 0 spiro atoms. The minimum Gasteiger partial charge on any atom is -0.492 e. The monoisotopic (exact) mass is 385 g/mol. The molecule has 27 heavy (non-hydrogen) atoms. The van der Waals surface area contributed by atoms with Gasteiger partial charge >= 0.3 is 0 Å². The topological polar surface area (TPSA) is 65.5 Å². The molecule has 1 aliphatic heterocycles. The number of aromatic hydroxyl groups is 1. The number of anilines is 2. The van der Waals surface area contributed by atoms with E-state index in [0.29, 0.717) is 10.9 Å². The van der Waals surface area contributed by atoms with Crippen molar-refractivity contribution in [1.29, 1.82) is 0 Å². The number of hydrogen-bond donors (Lipinski definition) is 2. The second-order valence-electron chi connectivity index (χ2n) is 7.55. The number of rotatable bonds is 4. The number of hydrogen-bond acceptors (Lipinski definition) is 5. The lowest BCUT2D eigenvalue weighted by Gasteiger charge is -2.29. The standard InChI is InChI=1S/C21H27N3O2S/c25-19(24-13-7-9-15-8-5-6-12-17(15)24)14-18-20(26)23-21(27-18)22-16-10-3-1-2-4-11-16/h5-6,8,12,16,26H,1-4,7,9-11,13-14H2,(H,22,23). The van der Waals surface area contributed by atoms with E-state index in [0.717, 1.165) is 43.0 Å². The van der Waals surface area contributed by atoms with Crippen molar-refractivity contribution in [3.05, 3.63) is 34.7 Å². The zero-order chi connectivity index (χ0) is 18.6. The van der Waals surface area contributed by atoms with Gasteiger partial charge in [0.15, 0.2) is 5.13 Å². The summed E-state index contributed by atoms with van der Waals surface area (Å²) >= 11 is 1.41. The van der Waals surface area contributed by atoms with Gasteiger partial charge in [-0.1, -0.05) is 55.2 Å². The second kappa shape index (κ2) is 8.30. The molecule has 0 atom stereocenters. The summed E-state index contributed by atoms with van der Waals surface area (Å²) in [5, 5.41) is 14.5. The minimum atomic E-state index is -0.00485. The fraction of sp³-hybridized carbons (Fsp3) is 0.524. The number of carbonyl (C=O) groups is 1. The molecule has 1 amide bonds. The Morgan fingerprint density at radius 3 is 2.78 bits per heavy atom. The number of para-hydroxylation sites is 1. The van der Waals surface area contributed by atoms with Crippen molar-refractivity contribution in [3.8, 4) is 5.88 Å². The average molecular weight is 386 g/mol. The van der Waals surface area contributed by atoms with E-state index in [1.807, 2.05) is 23.1 Å². The highest BCUT2D eigenvalue weighted by Crippen LogP contribution is 2.33. The summed E-state index contributed by atoms with van der Waals surface area (Å²) in [5.74, 6) is 0.0249. The van der Waals surface area contributed by atoms with Gasteiger partial charge in [-0.15, -0.1) is 0 Å². The van der Waals surface area contributed by atoms with Gasteiger partial charge in [-0.2, -0.15) is 4.98 Å². The van der Waals surface area contributed by atoms with E-state index in [1.54, 1.807) is 0 Å². The third-order valence-electron chi connectivity index (χ3n) is 5.58. The van der Waals surface area contributed by atoms with Crippen LogP contribution in [0.25, 0.3) is 0 Å². The van der Waals surface area contributed by atoms with Crippen molar-refractivity contribution in [3.63, 3.8) is 0 Å². The molecule has 6 heteroatoms. The fourth-order valence-electron chi connectivity index (χ4n) is 4.14. The van der Waals surface area contributed by atoms with E-state index in [2.05, 4.69) is 16.4 Å². The van der Waals surface area contributed by atoms with E-state index >= 15 is 0 Å². The van der Waals surface area contributed by atoms with Gasteiger partial charge in [0, 0.05) is 18.3 Å². The number of nitrogens with one attached hydrogen (secondary N) is 1. The second-order valence-corrected chi connectivity index (χ2v) is 8.64. The first-order valence-corrected chi connectivity index (χ1v) is 10.9. The molecule has 2 aromatic rings. The van der Waals surface area contributed by atoms with E-state index in [1.165, 1.54) is 42.6 Å². The number of carbonyl (C=O) groups excluding carboxylic acids is 1. The highest BCUT2D eigenvalue weighted by molar-refractivity contribution is 7.16. The maximum atomic E-state index is 12.9. The first-order chi connectivity index (χ1) is 13.2. The molecule has 1 aromatic carbocycles. The Hall–Kier alpha value is -2.08. The van der Waals surface area contributed by atoms with Crippen molar-refractivity contribution < 1.29 is 9.90 Å². The van der Waals surface area contributed by atoms with Crippen LogP contribution in [0.2, 0.25) is 0 Å². The van der Waals surface area contributed by atoms with Crippen LogP contribution in [0.5, 0.6) is 5.88 Å². The average Bonchev–Trinajstić information content (AvgIpc) is 2.86. The molecule has 0 saturated heterocycles. The predicted octanol–water partition coefficient (Wildman–Crippen LogP) is 4.51. The number of aromatic nitrogens is 1. The van der Waals surface area contributed by atoms with Crippen LogP contribution >= 0.6 is 11.3 Å². The normalized spacial score (nSPS) is 18.0. The van der Waals surface area contributed by atoms with Crippen molar-refractivity contribution in [2.24, 2.45) is 0 Å². The Morgan fingerprint density at radius 1 is 1.19 bits per heavy atom. The summed E-state index contributed by atoms with van der Waals surface area (Å²) in [7, 11) is 0. The lowest BCUT2D eigenvalue weighted by Crippen LogP contribution is -2.36. The zero-order valence-corrected chi connectivity index (χ0v) is 16.4. The van der Waals surface area contributed by atoms with Crippen molar-refractivity contribution >= 4 is 28.1 Å². The SMILES string of the molecule is O=C(Cc1sc(NC2CCCCCC2)nc1O)N1CCCc2ccccc21. The molecule has 1 aromatic heterocycles. The maximum absolute atomic E-state index is 12.9. The Kier molecular flexibility index (Phi) is 5.62. The Labute approximate surface area is 164 Å². The van der Waals surface area contributed by atoms with Crippen LogP contribution in [-0.4, -0.2) is 28.6 Å². The van der Waals surface area contributed by atoms with E-state index in [4.69, 9.17) is 0 Å². The maximum Gasteiger partial charge on any atom is 0.232 e. The highest BCUT2D eigenvalue weighted by atomic mass is 32.1.